The van der Waals surface area contributed by atoms with Crippen molar-refractivity contribution >= 4 is 15.9 Å². The van der Waals surface area contributed by atoms with Crippen molar-refractivity contribution in [1.29, 1.82) is 0 Å². The van der Waals surface area contributed by atoms with E-state index in [4.69, 9.17) is 0 Å². The molecular formula is C13H24BrN3. The maximum atomic E-state index is 4.46. The monoisotopic (exact) mass is 301 g/mol. The number of hydrogen-bond acceptors (Lipinski definition) is 2. The lowest BCUT2D eigenvalue weighted by Crippen LogP contribution is -2.33. The summed E-state index contributed by atoms with van der Waals surface area (Å²) in [6, 6.07) is 0. The van der Waals surface area contributed by atoms with Gasteiger partial charge in [0, 0.05) is 13.6 Å². The first-order valence-electron chi connectivity index (χ1n) is 6.32. The molecule has 1 atom stereocenters. The summed E-state index contributed by atoms with van der Waals surface area (Å²) in [4.78, 5) is 0. The van der Waals surface area contributed by atoms with Crippen molar-refractivity contribution in [3.8, 4) is 0 Å². The number of aromatic nitrogens is 2. The first kappa shape index (κ1) is 14.7. The number of rotatable bonds is 6. The zero-order valence-electron chi connectivity index (χ0n) is 11.6. The Kier molecular flexibility index (Phi) is 5.20. The molecule has 1 heterocycles. The Bertz CT molecular complexity index is 373. The van der Waals surface area contributed by atoms with Crippen LogP contribution in [0.5, 0.6) is 0 Å². The van der Waals surface area contributed by atoms with Gasteiger partial charge in [-0.2, -0.15) is 5.10 Å². The molecular weight excluding hydrogens is 278 g/mol. The van der Waals surface area contributed by atoms with Gasteiger partial charge in [0.2, 0.25) is 0 Å². The molecule has 3 nitrogen and oxygen atoms in total. The minimum absolute atomic E-state index is 0.290. The number of nitrogens with zero attached hydrogens (tertiary/aromatic N) is 2. The fourth-order valence-electron chi connectivity index (χ4n) is 2.02. The second-order valence-corrected chi connectivity index (χ2v) is 5.88. The fourth-order valence-corrected chi connectivity index (χ4v) is 2.49. The molecule has 0 aromatic carbocycles. The van der Waals surface area contributed by atoms with Gasteiger partial charge in [-0.05, 0) is 47.7 Å². The van der Waals surface area contributed by atoms with Crippen LogP contribution in [0.3, 0.4) is 0 Å². The van der Waals surface area contributed by atoms with Crippen LogP contribution in [0.2, 0.25) is 0 Å². The summed E-state index contributed by atoms with van der Waals surface area (Å²) >= 11 is 3.65. The van der Waals surface area contributed by atoms with E-state index in [-0.39, 0.29) is 0 Å². The molecule has 0 radical (unpaired) electrons. The van der Waals surface area contributed by atoms with Gasteiger partial charge in [-0.15, -0.1) is 0 Å². The lowest BCUT2D eigenvalue weighted by Gasteiger charge is -2.28. The second kappa shape index (κ2) is 6.01. The van der Waals surface area contributed by atoms with Crippen molar-refractivity contribution in [2.75, 3.05) is 13.1 Å². The van der Waals surface area contributed by atoms with Crippen LogP contribution in [0.4, 0.5) is 0 Å². The predicted molar refractivity (Wildman–Crippen MR) is 76.3 cm³/mol. The molecule has 0 spiro atoms. The van der Waals surface area contributed by atoms with Crippen LogP contribution in [0.15, 0.2) is 4.47 Å². The summed E-state index contributed by atoms with van der Waals surface area (Å²) < 4.78 is 3.16. The van der Waals surface area contributed by atoms with E-state index in [1.54, 1.807) is 0 Å². The third-order valence-corrected chi connectivity index (χ3v) is 4.54. The van der Waals surface area contributed by atoms with Crippen molar-refractivity contribution in [2.24, 2.45) is 12.5 Å². The van der Waals surface area contributed by atoms with Gasteiger partial charge < -0.3 is 5.32 Å². The van der Waals surface area contributed by atoms with Crippen molar-refractivity contribution < 1.29 is 0 Å². The van der Waals surface area contributed by atoms with Gasteiger partial charge in [-0.1, -0.05) is 20.8 Å². The first-order chi connectivity index (χ1) is 7.93. The van der Waals surface area contributed by atoms with Gasteiger partial charge in [-0.25, -0.2) is 0 Å². The number of aryl methyl sites for hydroxylation is 2. The van der Waals surface area contributed by atoms with Gasteiger partial charge in [0.1, 0.15) is 0 Å². The minimum atomic E-state index is 0.290. The standard InChI is InChI=1S/C13H24BrN3/c1-6-13(4,9-15-7-2)8-11-12(14)10(3)16-17(11)5/h15H,6-9H2,1-5H3. The molecule has 17 heavy (non-hydrogen) atoms. The third kappa shape index (κ3) is 3.55. The summed E-state index contributed by atoms with van der Waals surface area (Å²) in [6.45, 7) is 10.9. The van der Waals surface area contributed by atoms with Crippen LogP contribution in [0.25, 0.3) is 0 Å². The van der Waals surface area contributed by atoms with Crippen LogP contribution in [-0.4, -0.2) is 22.9 Å². The lowest BCUT2D eigenvalue weighted by atomic mass is 9.82. The average molecular weight is 302 g/mol. The first-order valence-corrected chi connectivity index (χ1v) is 7.11. The van der Waals surface area contributed by atoms with E-state index in [0.29, 0.717) is 5.41 Å². The summed E-state index contributed by atoms with van der Waals surface area (Å²) in [6.07, 6.45) is 2.21. The van der Waals surface area contributed by atoms with Crippen molar-refractivity contribution in [3.05, 3.63) is 15.9 Å². The molecule has 0 aliphatic rings. The topological polar surface area (TPSA) is 29.9 Å². The van der Waals surface area contributed by atoms with Gasteiger partial charge in [0.15, 0.2) is 0 Å². The summed E-state index contributed by atoms with van der Waals surface area (Å²) in [5.74, 6) is 0. The normalized spacial score (nSPS) is 14.9. The smallest absolute Gasteiger partial charge is 0.0738 e. The third-order valence-electron chi connectivity index (χ3n) is 3.51. The predicted octanol–water partition coefficient (Wildman–Crippen LogP) is 3.06. The van der Waals surface area contributed by atoms with Gasteiger partial charge in [-0.3, -0.25) is 4.68 Å². The van der Waals surface area contributed by atoms with E-state index in [9.17, 15) is 0 Å². The van der Waals surface area contributed by atoms with E-state index in [1.807, 2.05) is 18.7 Å². The molecule has 0 amide bonds. The van der Waals surface area contributed by atoms with Gasteiger partial charge >= 0.3 is 0 Å². The molecule has 0 bridgehead atoms. The highest BCUT2D eigenvalue weighted by molar-refractivity contribution is 9.10. The SMILES string of the molecule is CCNCC(C)(CC)Cc1c(Br)c(C)nn1C. The molecule has 4 heteroatoms. The zero-order chi connectivity index (χ0) is 13.1. The number of halogens is 1. The fraction of sp³-hybridized carbons (Fsp3) is 0.769. The molecule has 1 aromatic rings. The number of hydrogen-bond donors (Lipinski definition) is 1. The Hall–Kier alpha value is -0.350. The average Bonchev–Trinajstić information content (AvgIpc) is 2.53. The minimum Gasteiger partial charge on any atom is -0.316 e. The summed E-state index contributed by atoms with van der Waals surface area (Å²) in [5.41, 5.74) is 2.66. The van der Waals surface area contributed by atoms with Crippen molar-refractivity contribution in [2.45, 2.75) is 40.5 Å². The van der Waals surface area contributed by atoms with Crippen molar-refractivity contribution in [3.63, 3.8) is 0 Å². The molecule has 98 valence electrons. The van der Waals surface area contributed by atoms with E-state index < -0.39 is 0 Å². The molecule has 0 aliphatic carbocycles. The molecule has 1 unspecified atom stereocenters. The van der Waals surface area contributed by atoms with Crippen LogP contribution < -0.4 is 5.32 Å². The Labute approximate surface area is 113 Å². The van der Waals surface area contributed by atoms with Crippen LogP contribution in [-0.2, 0) is 13.5 Å². The molecule has 1 rings (SSSR count). The summed E-state index contributed by atoms with van der Waals surface area (Å²) in [7, 11) is 2.02. The quantitative estimate of drug-likeness (QED) is 0.875. The van der Waals surface area contributed by atoms with Crippen LogP contribution in [0, 0.1) is 12.3 Å². The highest BCUT2D eigenvalue weighted by atomic mass is 79.9. The Morgan fingerprint density at radius 2 is 2.06 bits per heavy atom. The van der Waals surface area contributed by atoms with E-state index in [2.05, 4.69) is 47.1 Å². The zero-order valence-corrected chi connectivity index (χ0v) is 13.2. The molecule has 0 fully saturated rings. The largest absolute Gasteiger partial charge is 0.316 e. The number of nitrogens with one attached hydrogen (secondary N) is 1. The highest BCUT2D eigenvalue weighted by Crippen LogP contribution is 2.30. The van der Waals surface area contributed by atoms with Gasteiger partial charge in [0.25, 0.3) is 0 Å². The van der Waals surface area contributed by atoms with Crippen LogP contribution >= 0.6 is 15.9 Å². The maximum absolute atomic E-state index is 4.46. The molecule has 1 N–H and O–H groups in total. The van der Waals surface area contributed by atoms with Crippen molar-refractivity contribution in [1.82, 2.24) is 15.1 Å². The Morgan fingerprint density at radius 1 is 1.41 bits per heavy atom. The lowest BCUT2D eigenvalue weighted by molar-refractivity contribution is 0.286. The summed E-state index contributed by atoms with van der Waals surface area (Å²) in [5, 5.41) is 7.92. The van der Waals surface area contributed by atoms with E-state index in [0.717, 1.165) is 36.1 Å². The van der Waals surface area contributed by atoms with E-state index >= 15 is 0 Å². The van der Waals surface area contributed by atoms with Crippen LogP contribution in [0.1, 0.15) is 38.6 Å². The second-order valence-electron chi connectivity index (χ2n) is 5.09. The Balaban J connectivity index is 2.86. The molecule has 0 saturated heterocycles. The van der Waals surface area contributed by atoms with Gasteiger partial charge in [0.05, 0.1) is 15.9 Å². The molecule has 0 saturated carbocycles. The van der Waals surface area contributed by atoms with E-state index in [1.165, 1.54) is 5.69 Å². The Morgan fingerprint density at radius 3 is 2.47 bits per heavy atom. The molecule has 0 aliphatic heterocycles. The highest BCUT2D eigenvalue weighted by Gasteiger charge is 2.25. The molecule has 1 aromatic heterocycles. The maximum Gasteiger partial charge on any atom is 0.0738 e.